The SMILES string of the molecule is Cc1nn(-c2ccc(F)cc2)cc1CN=C(N)NC1CCCC1.I. The van der Waals surface area contributed by atoms with Crippen molar-refractivity contribution in [2.75, 3.05) is 0 Å². The zero-order chi connectivity index (χ0) is 16.2. The van der Waals surface area contributed by atoms with Crippen LogP contribution in [0.2, 0.25) is 0 Å². The zero-order valence-corrected chi connectivity index (χ0v) is 16.0. The lowest BCUT2D eigenvalue weighted by Gasteiger charge is -2.11. The van der Waals surface area contributed by atoms with Gasteiger partial charge in [0.2, 0.25) is 0 Å². The molecule has 1 aromatic carbocycles. The van der Waals surface area contributed by atoms with E-state index in [1.165, 1.54) is 25.0 Å². The quantitative estimate of drug-likeness (QED) is 0.433. The van der Waals surface area contributed by atoms with Gasteiger partial charge in [-0.3, -0.25) is 0 Å². The van der Waals surface area contributed by atoms with Crippen LogP contribution in [0.25, 0.3) is 5.69 Å². The number of guanidine groups is 1. The van der Waals surface area contributed by atoms with Crippen molar-refractivity contribution in [1.82, 2.24) is 15.1 Å². The second-order valence-electron chi connectivity index (χ2n) is 5.99. The van der Waals surface area contributed by atoms with Crippen LogP contribution in [0.5, 0.6) is 0 Å². The fourth-order valence-corrected chi connectivity index (χ4v) is 2.87. The third kappa shape index (κ3) is 4.68. The molecule has 0 amide bonds. The molecule has 24 heavy (non-hydrogen) atoms. The first-order valence-electron chi connectivity index (χ1n) is 7.99. The van der Waals surface area contributed by atoms with Gasteiger partial charge in [0.1, 0.15) is 5.82 Å². The number of nitrogens with two attached hydrogens (primary N) is 1. The van der Waals surface area contributed by atoms with Gasteiger partial charge >= 0.3 is 0 Å². The molecule has 0 unspecified atom stereocenters. The number of aliphatic imine (C=N–C) groups is 1. The van der Waals surface area contributed by atoms with Crippen molar-refractivity contribution in [2.24, 2.45) is 10.7 Å². The summed E-state index contributed by atoms with van der Waals surface area (Å²) in [5.74, 6) is 0.235. The summed E-state index contributed by atoms with van der Waals surface area (Å²) in [6.45, 7) is 2.42. The summed E-state index contributed by atoms with van der Waals surface area (Å²) in [7, 11) is 0. The highest BCUT2D eigenvalue weighted by Gasteiger charge is 2.15. The maximum Gasteiger partial charge on any atom is 0.189 e. The lowest BCUT2D eigenvalue weighted by molar-refractivity contribution is 0.625. The number of rotatable bonds is 4. The van der Waals surface area contributed by atoms with E-state index in [0.717, 1.165) is 29.8 Å². The molecule has 3 rings (SSSR count). The van der Waals surface area contributed by atoms with Crippen molar-refractivity contribution in [2.45, 2.75) is 45.2 Å². The Kier molecular flexibility index (Phi) is 6.59. The molecule has 1 saturated carbocycles. The fourth-order valence-electron chi connectivity index (χ4n) is 2.87. The molecule has 2 aromatic rings. The van der Waals surface area contributed by atoms with Crippen molar-refractivity contribution >= 4 is 29.9 Å². The van der Waals surface area contributed by atoms with Gasteiger partial charge in [0, 0.05) is 17.8 Å². The number of hydrogen-bond donors (Lipinski definition) is 2. The van der Waals surface area contributed by atoms with Crippen LogP contribution in [0, 0.1) is 12.7 Å². The van der Waals surface area contributed by atoms with Gasteiger partial charge in [-0.05, 0) is 44.0 Å². The number of nitrogens with zero attached hydrogens (tertiary/aromatic N) is 3. The molecule has 0 aliphatic heterocycles. The van der Waals surface area contributed by atoms with E-state index in [2.05, 4.69) is 15.4 Å². The molecular formula is C17H23FIN5. The van der Waals surface area contributed by atoms with E-state index in [9.17, 15) is 4.39 Å². The number of nitrogens with one attached hydrogen (secondary N) is 1. The van der Waals surface area contributed by atoms with E-state index >= 15 is 0 Å². The topological polar surface area (TPSA) is 68.2 Å². The van der Waals surface area contributed by atoms with Crippen LogP contribution in [0.4, 0.5) is 4.39 Å². The molecule has 1 aliphatic rings. The molecule has 0 atom stereocenters. The van der Waals surface area contributed by atoms with E-state index < -0.39 is 0 Å². The number of aryl methyl sites for hydroxylation is 1. The average Bonchev–Trinajstić information content (AvgIpc) is 3.16. The first-order chi connectivity index (χ1) is 11.1. The summed E-state index contributed by atoms with van der Waals surface area (Å²) in [6.07, 6.45) is 6.76. The number of benzene rings is 1. The highest BCUT2D eigenvalue weighted by molar-refractivity contribution is 14.0. The third-order valence-corrected chi connectivity index (χ3v) is 4.22. The normalized spacial score (nSPS) is 15.3. The summed E-state index contributed by atoms with van der Waals surface area (Å²) in [6, 6.07) is 6.71. The first kappa shape index (κ1) is 18.7. The maximum atomic E-state index is 13.0. The Morgan fingerprint density at radius 1 is 1.33 bits per heavy atom. The van der Waals surface area contributed by atoms with Gasteiger partial charge in [-0.1, -0.05) is 12.8 Å². The zero-order valence-electron chi connectivity index (χ0n) is 13.7. The molecule has 3 N–H and O–H groups in total. The van der Waals surface area contributed by atoms with Gasteiger partial charge in [-0.2, -0.15) is 5.10 Å². The van der Waals surface area contributed by atoms with Crippen LogP contribution in [0.3, 0.4) is 0 Å². The van der Waals surface area contributed by atoms with Gasteiger partial charge < -0.3 is 11.1 Å². The van der Waals surface area contributed by atoms with Crippen LogP contribution in [0.15, 0.2) is 35.5 Å². The largest absolute Gasteiger partial charge is 0.370 e. The van der Waals surface area contributed by atoms with E-state index in [-0.39, 0.29) is 29.8 Å². The second kappa shape index (κ2) is 8.46. The highest BCUT2D eigenvalue weighted by atomic mass is 127. The monoisotopic (exact) mass is 443 g/mol. The van der Waals surface area contributed by atoms with Crippen LogP contribution in [-0.4, -0.2) is 21.8 Å². The molecule has 0 bridgehead atoms. The van der Waals surface area contributed by atoms with Gasteiger partial charge in [0.15, 0.2) is 5.96 Å². The molecule has 1 heterocycles. The summed E-state index contributed by atoms with van der Waals surface area (Å²) in [4.78, 5) is 4.41. The van der Waals surface area contributed by atoms with Crippen molar-refractivity contribution in [1.29, 1.82) is 0 Å². The van der Waals surface area contributed by atoms with E-state index in [4.69, 9.17) is 5.73 Å². The smallest absolute Gasteiger partial charge is 0.189 e. The van der Waals surface area contributed by atoms with Gasteiger partial charge in [0.25, 0.3) is 0 Å². The van der Waals surface area contributed by atoms with E-state index in [1.54, 1.807) is 16.8 Å². The minimum absolute atomic E-state index is 0. The molecule has 0 spiro atoms. The lowest BCUT2D eigenvalue weighted by atomic mass is 10.2. The molecule has 1 fully saturated rings. The summed E-state index contributed by atoms with van der Waals surface area (Å²) >= 11 is 0. The van der Waals surface area contributed by atoms with Crippen molar-refractivity contribution in [3.8, 4) is 5.69 Å². The van der Waals surface area contributed by atoms with Gasteiger partial charge in [-0.15, -0.1) is 24.0 Å². The van der Waals surface area contributed by atoms with Crippen LogP contribution in [-0.2, 0) is 6.54 Å². The predicted octanol–water partition coefficient (Wildman–Crippen LogP) is 3.28. The summed E-state index contributed by atoms with van der Waals surface area (Å²) in [5.41, 5.74) is 8.68. The van der Waals surface area contributed by atoms with Crippen LogP contribution < -0.4 is 11.1 Å². The standard InChI is InChI=1S/C17H22FN5.HI/c1-12-13(10-20-17(19)21-15-4-2-3-5-15)11-23(22-12)16-8-6-14(18)7-9-16;/h6-9,11,15H,2-5,10H2,1H3,(H3,19,20,21);1H. The third-order valence-electron chi connectivity index (χ3n) is 4.22. The second-order valence-corrected chi connectivity index (χ2v) is 5.99. The summed E-state index contributed by atoms with van der Waals surface area (Å²) < 4.78 is 14.7. The number of halogens is 2. The van der Waals surface area contributed by atoms with Crippen LogP contribution >= 0.6 is 24.0 Å². The van der Waals surface area contributed by atoms with Gasteiger partial charge in [-0.25, -0.2) is 14.1 Å². The van der Waals surface area contributed by atoms with Crippen molar-refractivity contribution in [3.05, 3.63) is 47.5 Å². The highest BCUT2D eigenvalue weighted by Crippen LogP contribution is 2.17. The van der Waals surface area contributed by atoms with Crippen molar-refractivity contribution in [3.63, 3.8) is 0 Å². The van der Waals surface area contributed by atoms with Crippen molar-refractivity contribution < 1.29 is 4.39 Å². The Bertz CT molecular complexity index is 690. The Labute approximate surface area is 158 Å². The molecular weight excluding hydrogens is 420 g/mol. The molecule has 7 heteroatoms. The molecule has 1 aliphatic carbocycles. The molecule has 0 saturated heterocycles. The average molecular weight is 443 g/mol. The van der Waals surface area contributed by atoms with E-state index in [0.29, 0.717) is 18.5 Å². The molecule has 5 nitrogen and oxygen atoms in total. The first-order valence-corrected chi connectivity index (χ1v) is 7.99. The predicted molar refractivity (Wildman–Crippen MR) is 104 cm³/mol. The molecule has 1 aromatic heterocycles. The van der Waals surface area contributed by atoms with Crippen LogP contribution in [0.1, 0.15) is 36.9 Å². The Morgan fingerprint density at radius 3 is 2.67 bits per heavy atom. The number of aromatic nitrogens is 2. The Balaban J connectivity index is 0.00000208. The van der Waals surface area contributed by atoms with Gasteiger partial charge in [0.05, 0.1) is 17.9 Å². The van der Waals surface area contributed by atoms with E-state index in [1.807, 2.05) is 13.1 Å². The number of hydrogen-bond acceptors (Lipinski definition) is 2. The molecule has 0 radical (unpaired) electrons. The Hall–Kier alpha value is -1.64. The maximum absolute atomic E-state index is 13.0. The minimum atomic E-state index is -0.256. The Morgan fingerprint density at radius 2 is 2.00 bits per heavy atom. The lowest BCUT2D eigenvalue weighted by Crippen LogP contribution is -2.38. The summed E-state index contributed by atoms with van der Waals surface area (Å²) in [5, 5.41) is 7.73. The minimum Gasteiger partial charge on any atom is -0.370 e. The fraction of sp³-hybridized carbons (Fsp3) is 0.412. The molecule has 130 valence electrons.